The van der Waals surface area contributed by atoms with Crippen molar-refractivity contribution in [2.45, 2.75) is 62.8 Å². The molecule has 1 amide bonds. The summed E-state index contributed by atoms with van der Waals surface area (Å²) in [6.45, 7) is 0. The minimum atomic E-state index is -0.974. The van der Waals surface area contributed by atoms with Crippen molar-refractivity contribution in [1.82, 2.24) is 5.32 Å². The molecule has 124 valence electrons. The van der Waals surface area contributed by atoms with Gasteiger partial charge in [0.05, 0.1) is 0 Å². The predicted octanol–water partition coefficient (Wildman–Crippen LogP) is 3.47. The van der Waals surface area contributed by atoms with Crippen molar-refractivity contribution in [1.29, 1.82) is 0 Å². The van der Waals surface area contributed by atoms with Gasteiger partial charge in [0, 0.05) is 6.42 Å². The van der Waals surface area contributed by atoms with Gasteiger partial charge in [0.1, 0.15) is 5.54 Å². The number of hydrogen-bond acceptors (Lipinski definition) is 2. The molecule has 2 N–H and O–H groups in total. The second-order valence-corrected chi connectivity index (χ2v) is 7.12. The van der Waals surface area contributed by atoms with E-state index in [1.807, 2.05) is 6.07 Å². The second kappa shape index (κ2) is 6.73. The van der Waals surface area contributed by atoms with Crippen molar-refractivity contribution in [2.24, 2.45) is 5.92 Å². The molecule has 0 heterocycles. The van der Waals surface area contributed by atoms with Crippen molar-refractivity contribution in [3.63, 3.8) is 0 Å². The van der Waals surface area contributed by atoms with Crippen LogP contribution in [0.5, 0.6) is 0 Å². The van der Waals surface area contributed by atoms with Crippen LogP contribution in [0.15, 0.2) is 30.3 Å². The maximum atomic E-state index is 12.2. The van der Waals surface area contributed by atoms with E-state index < -0.39 is 11.5 Å². The lowest BCUT2D eigenvalue weighted by molar-refractivity contribution is -0.152. The Morgan fingerprint density at radius 1 is 1.09 bits per heavy atom. The molecule has 0 bridgehead atoms. The summed E-state index contributed by atoms with van der Waals surface area (Å²) in [6.07, 6.45) is 6.81. The van der Waals surface area contributed by atoms with E-state index in [2.05, 4.69) is 29.6 Å². The molecule has 0 atom stereocenters. The molecular weight excluding hydrogens is 290 g/mol. The zero-order valence-electron chi connectivity index (χ0n) is 13.5. The van der Waals surface area contributed by atoms with Crippen molar-refractivity contribution in [2.75, 3.05) is 0 Å². The number of carbonyl (C=O) groups excluding carboxylic acids is 1. The first kappa shape index (κ1) is 16.0. The van der Waals surface area contributed by atoms with E-state index in [0.29, 0.717) is 31.1 Å². The molecule has 0 aromatic heterocycles. The molecule has 0 aliphatic heterocycles. The SMILES string of the molecule is O=C(CC1CCC(c2ccccc2)CC1)NC1(C(=O)O)CCC1. The molecule has 2 aliphatic rings. The number of hydrogen-bond donors (Lipinski definition) is 2. The molecule has 0 spiro atoms. The first-order valence-corrected chi connectivity index (χ1v) is 8.68. The molecule has 23 heavy (non-hydrogen) atoms. The van der Waals surface area contributed by atoms with E-state index in [4.69, 9.17) is 0 Å². The minimum absolute atomic E-state index is 0.0877. The third-order valence-electron chi connectivity index (χ3n) is 5.59. The molecule has 1 aromatic rings. The van der Waals surface area contributed by atoms with Crippen LogP contribution in [0.4, 0.5) is 0 Å². The van der Waals surface area contributed by atoms with Gasteiger partial charge >= 0.3 is 5.97 Å². The van der Waals surface area contributed by atoms with Crippen LogP contribution in [-0.2, 0) is 9.59 Å². The Morgan fingerprint density at radius 2 is 1.74 bits per heavy atom. The Bertz CT molecular complexity index is 557. The summed E-state index contributed by atoms with van der Waals surface area (Å²) in [6, 6.07) is 10.6. The highest BCUT2D eigenvalue weighted by atomic mass is 16.4. The number of amides is 1. The fraction of sp³-hybridized carbons (Fsp3) is 0.579. The first-order valence-electron chi connectivity index (χ1n) is 8.68. The molecule has 1 aromatic carbocycles. The molecule has 0 saturated heterocycles. The lowest BCUT2D eigenvalue weighted by Crippen LogP contribution is -2.59. The maximum Gasteiger partial charge on any atom is 0.329 e. The van der Waals surface area contributed by atoms with Gasteiger partial charge in [0.2, 0.25) is 5.91 Å². The molecule has 2 aliphatic carbocycles. The Morgan fingerprint density at radius 3 is 2.26 bits per heavy atom. The summed E-state index contributed by atoms with van der Waals surface area (Å²) < 4.78 is 0. The Labute approximate surface area is 137 Å². The van der Waals surface area contributed by atoms with E-state index in [0.717, 1.165) is 32.1 Å². The lowest BCUT2D eigenvalue weighted by atomic mass is 9.75. The van der Waals surface area contributed by atoms with Crippen LogP contribution in [0.2, 0.25) is 0 Å². The standard InChI is InChI=1S/C19H25NO3/c21-17(20-19(18(22)23)11-4-12-19)13-14-7-9-16(10-8-14)15-5-2-1-3-6-15/h1-3,5-6,14,16H,4,7-13H2,(H,20,21)(H,22,23). The summed E-state index contributed by atoms with van der Waals surface area (Å²) >= 11 is 0. The number of aliphatic carboxylic acids is 1. The smallest absolute Gasteiger partial charge is 0.329 e. The van der Waals surface area contributed by atoms with Gasteiger partial charge < -0.3 is 10.4 Å². The summed E-state index contributed by atoms with van der Waals surface area (Å²) in [5.74, 6) is 0.0218. The van der Waals surface area contributed by atoms with Crippen LogP contribution in [0, 0.1) is 5.92 Å². The van der Waals surface area contributed by atoms with Crippen LogP contribution in [0.25, 0.3) is 0 Å². The van der Waals surface area contributed by atoms with E-state index in [1.54, 1.807) is 0 Å². The number of rotatable bonds is 5. The third-order valence-corrected chi connectivity index (χ3v) is 5.59. The van der Waals surface area contributed by atoms with Crippen molar-refractivity contribution in [3.8, 4) is 0 Å². The van der Waals surface area contributed by atoms with Gasteiger partial charge in [0.15, 0.2) is 0 Å². The van der Waals surface area contributed by atoms with Crippen LogP contribution >= 0.6 is 0 Å². The zero-order chi connectivity index (χ0) is 16.3. The highest BCUT2D eigenvalue weighted by Gasteiger charge is 2.45. The average Bonchev–Trinajstić information content (AvgIpc) is 2.52. The average molecular weight is 315 g/mol. The Balaban J connectivity index is 1.47. The van der Waals surface area contributed by atoms with Crippen LogP contribution in [0.3, 0.4) is 0 Å². The maximum absolute atomic E-state index is 12.2. The zero-order valence-corrected chi connectivity index (χ0v) is 13.5. The second-order valence-electron chi connectivity index (χ2n) is 7.12. The van der Waals surface area contributed by atoms with Crippen molar-refractivity contribution >= 4 is 11.9 Å². The molecule has 4 heteroatoms. The Kier molecular flexibility index (Phi) is 4.69. The van der Waals surface area contributed by atoms with E-state index in [-0.39, 0.29) is 5.91 Å². The normalized spacial score (nSPS) is 26.1. The number of nitrogens with one attached hydrogen (secondary N) is 1. The van der Waals surface area contributed by atoms with Crippen LogP contribution in [0.1, 0.15) is 62.8 Å². The lowest BCUT2D eigenvalue weighted by Gasteiger charge is -2.38. The van der Waals surface area contributed by atoms with E-state index in [1.165, 1.54) is 5.56 Å². The van der Waals surface area contributed by atoms with E-state index in [9.17, 15) is 14.7 Å². The largest absolute Gasteiger partial charge is 0.480 e. The van der Waals surface area contributed by atoms with Crippen molar-refractivity contribution < 1.29 is 14.7 Å². The first-order chi connectivity index (χ1) is 11.1. The molecular formula is C19H25NO3. The van der Waals surface area contributed by atoms with Gasteiger partial charge in [-0.2, -0.15) is 0 Å². The van der Waals surface area contributed by atoms with Gasteiger partial charge in [-0.25, -0.2) is 4.79 Å². The molecule has 4 nitrogen and oxygen atoms in total. The highest BCUT2D eigenvalue weighted by molar-refractivity contribution is 5.87. The van der Waals surface area contributed by atoms with Crippen LogP contribution in [-0.4, -0.2) is 22.5 Å². The van der Waals surface area contributed by atoms with Gasteiger partial charge in [-0.1, -0.05) is 30.3 Å². The van der Waals surface area contributed by atoms with Gasteiger partial charge in [0.25, 0.3) is 0 Å². The molecule has 2 fully saturated rings. The van der Waals surface area contributed by atoms with Gasteiger partial charge in [-0.3, -0.25) is 4.79 Å². The molecule has 2 saturated carbocycles. The molecule has 0 unspecified atom stereocenters. The highest BCUT2D eigenvalue weighted by Crippen LogP contribution is 2.37. The number of carboxylic acids is 1. The minimum Gasteiger partial charge on any atom is -0.480 e. The fourth-order valence-electron chi connectivity index (χ4n) is 3.93. The topological polar surface area (TPSA) is 66.4 Å². The van der Waals surface area contributed by atoms with Gasteiger partial charge in [-0.05, 0) is 62.3 Å². The third kappa shape index (κ3) is 3.57. The molecule has 3 rings (SSSR count). The summed E-state index contributed by atoms with van der Waals surface area (Å²) in [5.41, 5.74) is 0.424. The monoisotopic (exact) mass is 315 g/mol. The quantitative estimate of drug-likeness (QED) is 0.874. The molecule has 0 radical (unpaired) electrons. The van der Waals surface area contributed by atoms with Gasteiger partial charge in [-0.15, -0.1) is 0 Å². The van der Waals surface area contributed by atoms with E-state index >= 15 is 0 Å². The van der Waals surface area contributed by atoms with Crippen molar-refractivity contribution in [3.05, 3.63) is 35.9 Å². The number of carboxylic acid groups (broad SMARTS) is 1. The number of benzene rings is 1. The fourth-order valence-corrected chi connectivity index (χ4v) is 3.93. The summed E-state index contributed by atoms with van der Waals surface area (Å²) in [5, 5.41) is 12.1. The summed E-state index contributed by atoms with van der Waals surface area (Å²) in [7, 11) is 0. The van der Waals surface area contributed by atoms with Crippen LogP contribution < -0.4 is 5.32 Å². The Hall–Kier alpha value is -1.84. The predicted molar refractivity (Wildman–Crippen MR) is 88.1 cm³/mol. The summed E-state index contributed by atoms with van der Waals surface area (Å²) in [4.78, 5) is 23.5. The number of carbonyl (C=O) groups is 2.